The van der Waals surface area contributed by atoms with Crippen LogP contribution in [0.15, 0.2) is 70.6 Å². The molecule has 2 atom stereocenters. The van der Waals surface area contributed by atoms with Crippen LogP contribution >= 0.6 is 0 Å². The first-order valence-electron chi connectivity index (χ1n) is 12.1. The van der Waals surface area contributed by atoms with E-state index in [0.29, 0.717) is 12.0 Å². The van der Waals surface area contributed by atoms with Gasteiger partial charge in [-0.25, -0.2) is 0 Å². The summed E-state index contributed by atoms with van der Waals surface area (Å²) in [5.74, 6) is -1.36. The van der Waals surface area contributed by atoms with Crippen molar-refractivity contribution < 1.29 is 14.7 Å². The minimum Gasteiger partial charge on any atom is -0.481 e. The molecule has 2 aromatic rings. The Balaban J connectivity index is 2.47. The van der Waals surface area contributed by atoms with Crippen molar-refractivity contribution in [2.24, 2.45) is 10.9 Å². The predicted molar refractivity (Wildman–Crippen MR) is 145 cm³/mol. The van der Waals surface area contributed by atoms with Gasteiger partial charge in [-0.1, -0.05) is 44.7 Å². The first-order valence-corrected chi connectivity index (χ1v) is 12.1. The molecule has 1 unspecified atom stereocenters. The summed E-state index contributed by atoms with van der Waals surface area (Å²) in [6.07, 6.45) is 3.48. The Morgan fingerprint density at radius 3 is 2.42 bits per heavy atom. The second-order valence-corrected chi connectivity index (χ2v) is 9.51. The summed E-state index contributed by atoms with van der Waals surface area (Å²) in [5, 5.41) is 12.4. The van der Waals surface area contributed by atoms with Crippen LogP contribution in [0.25, 0.3) is 5.57 Å². The highest BCUT2D eigenvalue weighted by Crippen LogP contribution is 2.24. The molecule has 0 saturated heterocycles. The third-order valence-electron chi connectivity index (χ3n) is 6.07. The van der Waals surface area contributed by atoms with Gasteiger partial charge < -0.3 is 15.0 Å². The zero-order valence-electron chi connectivity index (χ0n) is 22.0. The molecule has 192 valence electrons. The average molecular weight is 492 g/mol. The number of aryl methyl sites for hydroxylation is 2. The molecule has 1 aromatic heterocycles. The third-order valence-corrected chi connectivity index (χ3v) is 6.07. The number of hydrogen-bond donors (Lipinski definition) is 2. The molecule has 7 heteroatoms. The number of amides is 1. The molecule has 0 aliphatic heterocycles. The Bertz CT molecular complexity index is 1240. The molecule has 0 bridgehead atoms. The van der Waals surface area contributed by atoms with E-state index in [-0.39, 0.29) is 17.9 Å². The molecule has 0 spiro atoms. The lowest BCUT2D eigenvalue weighted by Gasteiger charge is -2.25. The fourth-order valence-corrected chi connectivity index (χ4v) is 4.02. The number of allylic oxidation sites excluding steroid dienone is 1. The van der Waals surface area contributed by atoms with E-state index in [9.17, 15) is 19.5 Å². The summed E-state index contributed by atoms with van der Waals surface area (Å²) in [7, 11) is 1.69. The zero-order chi connectivity index (χ0) is 27.0. The Kier molecular flexibility index (Phi) is 10.1. The summed E-state index contributed by atoms with van der Waals surface area (Å²) in [6.45, 7) is 13.7. The van der Waals surface area contributed by atoms with E-state index in [1.165, 1.54) is 10.6 Å². The van der Waals surface area contributed by atoms with Crippen molar-refractivity contribution in [3.63, 3.8) is 0 Å². The molecule has 0 aliphatic carbocycles. The van der Waals surface area contributed by atoms with Crippen molar-refractivity contribution in [3.8, 4) is 0 Å². The predicted octanol–water partition coefficient (Wildman–Crippen LogP) is 4.74. The Hall–Kier alpha value is -3.74. The average Bonchev–Trinajstić information content (AvgIpc) is 2.80. The highest BCUT2D eigenvalue weighted by molar-refractivity contribution is 6.23. The number of aliphatic carboxylic acids is 1. The summed E-state index contributed by atoms with van der Waals surface area (Å²) < 4.78 is 1.41. The molecule has 1 heterocycles. The van der Waals surface area contributed by atoms with Crippen molar-refractivity contribution >= 4 is 23.2 Å². The fraction of sp³-hybridized carbons (Fsp3) is 0.379. The van der Waals surface area contributed by atoms with Crippen LogP contribution in [0.4, 0.5) is 0 Å². The molecular formula is C29H37N3O4. The molecule has 2 N–H and O–H groups in total. The summed E-state index contributed by atoms with van der Waals surface area (Å²) >= 11 is 0. The van der Waals surface area contributed by atoms with Gasteiger partial charge in [0, 0.05) is 30.6 Å². The minimum atomic E-state index is -1.07. The van der Waals surface area contributed by atoms with Gasteiger partial charge >= 0.3 is 5.97 Å². The van der Waals surface area contributed by atoms with Gasteiger partial charge in [0.25, 0.3) is 5.56 Å². The Morgan fingerprint density at radius 1 is 1.19 bits per heavy atom. The normalized spacial score (nSPS) is 13.9. The van der Waals surface area contributed by atoms with Crippen molar-refractivity contribution in [1.29, 1.82) is 0 Å². The van der Waals surface area contributed by atoms with Crippen LogP contribution in [0.2, 0.25) is 0 Å². The van der Waals surface area contributed by atoms with Crippen LogP contribution in [0, 0.1) is 19.8 Å². The largest absolute Gasteiger partial charge is 0.481 e. The van der Waals surface area contributed by atoms with E-state index in [1.807, 2.05) is 58.9 Å². The molecule has 0 saturated carbocycles. The number of hydrogen-bond acceptors (Lipinski definition) is 4. The van der Waals surface area contributed by atoms with Crippen molar-refractivity contribution in [3.05, 3.63) is 87.9 Å². The van der Waals surface area contributed by atoms with Crippen molar-refractivity contribution in [2.75, 3.05) is 7.05 Å². The van der Waals surface area contributed by atoms with Crippen LogP contribution in [-0.4, -0.2) is 40.4 Å². The second kappa shape index (κ2) is 12.8. The molecule has 0 aliphatic rings. The number of nitrogens with zero attached hydrogens (tertiary/aromatic N) is 2. The van der Waals surface area contributed by atoms with Crippen LogP contribution < -0.4 is 10.9 Å². The highest BCUT2D eigenvalue weighted by Gasteiger charge is 2.27. The van der Waals surface area contributed by atoms with Gasteiger partial charge in [0.1, 0.15) is 6.04 Å². The SMILES string of the molecule is C=C(/C=C(\C(C)=N/C)c1ccccc1C)[C@@H](CC(=O)O)NC(=O)C(CC(C)C)n1ccc(C)cc1=O. The lowest BCUT2D eigenvalue weighted by Crippen LogP contribution is -2.44. The van der Waals surface area contributed by atoms with Crippen LogP contribution in [0.3, 0.4) is 0 Å². The first-order chi connectivity index (χ1) is 16.9. The van der Waals surface area contributed by atoms with Crippen molar-refractivity contribution in [1.82, 2.24) is 9.88 Å². The molecule has 1 amide bonds. The van der Waals surface area contributed by atoms with Crippen molar-refractivity contribution in [2.45, 2.75) is 59.5 Å². The number of pyridine rings is 1. The molecule has 1 aromatic carbocycles. The molecular weight excluding hydrogens is 454 g/mol. The van der Waals surface area contributed by atoms with Crippen LogP contribution in [0.5, 0.6) is 0 Å². The topological polar surface area (TPSA) is 101 Å². The smallest absolute Gasteiger partial charge is 0.305 e. The second-order valence-electron chi connectivity index (χ2n) is 9.51. The van der Waals surface area contributed by atoms with Gasteiger partial charge in [-0.05, 0) is 67.5 Å². The number of rotatable bonds is 11. The number of aliphatic imine (C=N–C) groups is 1. The summed E-state index contributed by atoms with van der Waals surface area (Å²) in [4.78, 5) is 42.2. The van der Waals surface area contributed by atoms with Crippen LogP contribution in [0.1, 0.15) is 56.3 Å². The number of carbonyl (C=O) groups is 2. The maximum Gasteiger partial charge on any atom is 0.305 e. The van der Waals surface area contributed by atoms with E-state index in [0.717, 1.165) is 28.0 Å². The molecule has 2 rings (SSSR count). The molecule has 36 heavy (non-hydrogen) atoms. The number of benzene rings is 1. The molecule has 0 fully saturated rings. The highest BCUT2D eigenvalue weighted by atomic mass is 16.4. The lowest BCUT2D eigenvalue weighted by atomic mass is 9.93. The van der Waals surface area contributed by atoms with Crippen LogP contribution in [-0.2, 0) is 9.59 Å². The van der Waals surface area contributed by atoms with Gasteiger partial charge in [0.05, 0.1) is 12.5 Å². The fourth-order valence-electron chi connectivity index (χ4n) is 4.02. The summed E-state index contributed by atoms with van der Waals surface area (Å²) in [6, 6.07) is 9.44. The zero-order valence-corrected chi connectivity index (χ0v) is 22.0. The number of nitrogens with one attached hydrogen (secondary N) is 1. The van der Waals surface area contributed by atoms with Gasteiger partial charge in [-0.2, -0.15) is 0 Å². The number of carboxylic acid groups (broad SMARTS) is 1. The maximum atomic E-state index is 13.5. The van der Waals surface area contributed by atoms with Gasteiger partial charge in [0.2, 0.25) is 5.91 Å². The molecule has 0 radical (unpaired) electrons. The molecule has 7 nitrogen and oxygen atoms in total. The monoisotopic (exact) mass is 491 g/mol. The number of carbonyl (C=O) groups excluding carboxylic acids is 1. The van der Waals surface area contributed by atoms with Gasteiger partial charge in [-0.15, -0.1) is 0 Å². The van der Waals surface area contributed by atoms with E-state index in [4.69, 9.17) is 0 Å². The standard InChI is InChI=1S/C29H37N3O4/c1-18(2)14-26(32-13-12-19(3)15-27(32)33)29(36)31-25(17-28(34)35)21(5)16-24(22(6)30-7)23-11-9-8-10-20(23)4/h8-13,15-16,18,25-26H,5,14,17H2,1-4,6-7H3,(H,31,36)(H,34,35)/b24-16+,30-22-/t25-,26?/m1/s1. The van der Waals surface area contributed by atoms with Gasteiger partial charge in [0.15, 0.2) is 0 Å². The number of carboxylic acids is 1. The maximum absolute atomic E-state index is 13.5. The third kappa shape index (κ3) is 7.63. The Morgan fingerprint density at radius 2 is 1.86 bits per heavy atom. The van der Waals surface area contributed by atoms with Gasteiger partial charge in [-0.3, -0.25) is 19.4 Å². The van der Waals surface area contributed by atoms with E-state index < -0.39 is 24.0 Å². The van der Waals surface area contributed by atoms with E-state index in [2.05, 4.69) is 16.9 Å². The number of aromatic nitrogens is 1. The van der Waals surface area contributed by atoms with E-state index in [1.54, 1.807) is 25.4 Å². The minimum absolute atomic E-state index is 0.131. The quantitative estimate of drug-likeness (QED) is 0.350. The Labute approximate surface area is 213 Å². The van der Waals surface area contributed by atoms with E-state index >= 15 is 0 Å². The summed E-state index contributed by atoms with van der Waals surface area (Å²) in [5.41, 5.74) is 4.51. The lowest BCUT2D eigenvalue weighted by molar-refractivity contribution is -0.137. The first kappa shape index (κ1) is 28.5.